The number of benzene rings is 1. The first-order chi connectivity index (χ1) is 13.3. The van der Waals surface area contributed by atoms with E-state index in [-0.39, 0.29) is 30.7 Å². The van der Waals surface area contributed by atoms with Gasteiger partial charge in [0.2, 0.25) is 5.91 Å². The minimum absolute atomic E-state index is 0.0464. The van der Waals surface area contributed by atoms with Crippen LogP contribution in [-0.4, -0.2) is 38.8 Å². The van der Waals surface area contributed by atoms with E-state index in [4.69, 9.17) is 4.74 Å². The van der Waals surface area contributed by atoms with Gasteiger partial charge in [0.05, 0.1) is 30.8 Å². The largest absolute Gasteiger partial charge is 0.447 e. The molecule has 0 saturated heterocycles. The molecule has 3 rings (SSSR count). The van der Waals surface area contributed by atoms with Crippen molar-refractivity contribution >= 4 is 17.7 Å². The van der Waals surface area contributed by atoms with Gasteiger partial charge in [-0.1, -0.05) is 0 Å². The van der Waals surface area contributed by atoms with Gasteiger partial charge in [-0.05, 0) is 45.4 Å². The fourth-order valence-corrected chi connectivity index (χ4v) is 3.61. The van der Waals surface area contributed by atoms with Crippen LogP contribution < -0.4 is 10.2 Å². The predicted molar refractivity (Wildman–Crippen MR) is 104 cm³/mol. The van der Waals surface area contributed by atoms with Crippen LogP contribution in [0.3, 0.4) is 0 Å². The third kappa shape index (κ3) is 4.01. The topological polar surface area (TPSA) is 96.7 Å². The van der Waals surface area contributed by atoms with Crippen LogP contribution in [0.2, 0.25) is 0 Å². The molecule has 8 nitrogen and oxygen atoms in total. The summed E-state index contributed by atoms with van der Waals surface area (Å²) in [6.07, 6.45) is 3.24. The number of hydrogen-bond donors (Lipinski definition) is 2. The van der Waals surface area contributed by atoms with Crippen molar-refractivity contribution < 1.29 is 19.4 Å². The number of carbonyl (C=O) groups excluding carboxylic acids is 2. The van der Waals surface area contributed by atoms with Crippen LogP contribution in [0.1, 0.15) is 51.4 Å². The highest BCUT2D eigenvalue weighted by Gasteiger charge is 2.33. The number of alkyl carbamates (subject to hydrolysis) is 1. The Balaban J connectivity index is 2.00. The second-order valence-electron chi connectivity index (χ2n) is 7.30. The zero-order valence-corrected chi connectivity index (χ0v) is 16.5. The normalized spacial score (nSPS) is 18.7. The summed E-state index contributed by atoms with van der Waals surface area (Å²) in [6, 6.07) is 5.35. The molecular formula is C20H26N4O4. The molecule has 2 aromatic rings. The minimum atomic E-state index is -0.481. The summed E-state index contributed by atoms with van der Waals surface area (Å²) in [5.74, 6) is -0.0464. The van der Waals surface area contributed by atoms with E-state index in [2.05, 4.69) is 10.3 Å². The van der Waals surface area contributed by atoms with E-state index in [0.29, 0.717) is 12.1 Å². The van der Waals surface area contributed by atoms with E-state index in [0.717, 1.165) is 16.9 Å². The number of nitrogens with zero attached hydrogens (tertiary/aromatic N) is 3. The van der Waals surface area contributed by atoms with Gasteiger partial charge in [0, 0.05) is 36.1 Å². The molecule has 1 aromatic carbocycles. The van der Waals surface area contributed by atoms with Crippen LogP contribution in [0.5, 0.6) is 0 Å². The van der Waals surface area contributed by atoms with Gasteiger partial charge in [-0.2, -0.15) is 0 Å². The summed E-state index contributed by atoms with van der Waals surface area (Å²) < 4.78 is 7.03. The lowest BCUT2D eigenvalue weighted by molar-refractivity contribution is -0.117. The molecule has 0 spiro atoms. The third-order valence-corrected chi connectivity index (χ3v) is 4.73. The summed E-state index contributed by atoms with van der Waals surface area (Å²) in [7, 11) is 0. The number of anilines is 1. The van der Waals surface area contributed by atoms with Crippen molar-refractivity contribution in [2.24, 2.45) is 0 Å². The highest BCUT2D eigenvalue weighted by molar-refractivity contribution is 5.94. The molecule has 0 bridgehead atoms. The second kappa shape index (κ2) is 8.02. The first-order valence-electron chi connectivity index (χ1n) is 9.35. The summed E-state index contributed by atoms with van der Waals surface area (Å²) >= 11 is 0. The van der Waals surface area contributed by atoms with Crippen molar-refractivity contribution in [3.05, 3.63) is 42.0 Å². The van der Waals surface area contributed by atoms with Gasteiger partial charge in [0.15, 0.2) is 0 Å². The van der Waals surface area contributed by atoms with Gasteiger partial charge in [-0.15, -0.1) is 0 Å². The smallest absolute Gasteiger partial charge is 0.407 e. The fraction of sp³-hybridized carbons (Fsp3) is 0.450. The zero-order valence-electron chi connectivity index (χ0n) is 16.5. The van der Waals surface area contributed by atoms with E-state index < -0.39 is 6.09 Å². The number of rotatable bonds is 4. The molecule has 0 unspecified atom stereocenters. The number of carbonyl (C=O) groups is 2. The molecule has 2 amide bonds. The van der Waals surface area contributed by atoms with E-state index in [1.54, 1.807) is 42.8 Å². The number of amides is 2. The van der Waals surface area contributed by atoms with Gasteiger partial charge in [0.1, 0.15) is 0 Å². The van der Waals surface area contributed by atoms with Crippen molar-refractivity contribution in [2.75, 3.05) is 4.90 Å². The SMILES string of the molecule is CC(=O)N1c2ccc(-n3cnc(CO)c3)cc2[C@@H](NC(=O)OC(C)C)C[C@H]1C. The van der Waals surface area contributed by atoms with E-state index in [9.17, 15) is 14.7 Å². The Morgan fingerprint density at radius 3 is 2.75 bits per heavy atom. The predicted octanol–water partition coefficient (Wildman–Crippen LogP) is 2.69. The maximum atomic E-state index is 12.2. The number of aliphatic hydroxyl groups is 1. The number of aliphatic hydroxyl groups excluding tert-OH is 1. The lowest BCUT2D eigenvalue weighted by Gasteiger charge is -2.39. The molecule has 0 fully saturated rings. The summed E-state index contributed by atoms with van der Waals surface area (Å²) in [5.41, 5.74) is 3.00. The van der Waals surface area contributed by atoms with Crippen molar-refractivity contribution in [1.82, 2.24) is 14.9 Å². The Bertz CT molecular complexity index is 877. The minimum Gasteiger partial charge on any atom is -0.447 e. The maximum absolute atomic E-state index is 12.2. The lowest BCUT2D eigenvalue weighted by Crippen LogP contribution is -2.45. The van der Waals surface area contributed by atoms with Gasteiger partial charge in [-0.25, -0.2) is 9.78 Å². The number of fused-ring (bicyclic) bond motifs is 1. The van der Waals surface area contributed by atoms with E-state index in [1.165, 1.54) is 0 Å². The van der Waals surface area contributed by atoms with E-state index >= 15 is 0 Å². The molecular weight excluding hydrogens is 360 g/mol. The van der Waals surface area contributed by atoms with Crippen LogP contribution in [0.25, 0.3) is 5.69 Å². The first kappa shape index (κ1) is 19.9. The number of nitrogens with one attached hydrogen (secondary N) is 1. The average molecular weight is 386 g/mol. The van der Waals surface area contributed by atoms with Crippen LogP contribution in [-0.2, 0) is 16.1 Å². The van der Waals surface area contributed by atoms with Crippen LogP contribution >= 0.6 is 0 Å². The van der Waals surface area contributed by atoms with Crippen molar-refractivity contribution in [1.29, 1.82) is 0 Å². The zero-order chi connectivity index (χ0) is 20.4. The Labute approximate surface area is 164 Å². The maximum Gasteiger partial charge on any atom is 0.407 e. The first-order valence-corrected chi connectivity index (χ1v) is 9.35. The molecule has 2 N–H and O–H groups in total. The Kier molecular flexibility index (Phi) is 5.69. The molecule has 8 heteroatoms. The third-order valence-electron chi connectivity index (χ3n) is 4.73. The van der Waals surface area contributed by atoms with Gasteiger partial charge in [0.25, 0.3) is 0 Å². The van der Waals surface area contributed by atoms with Crippen LogP contribution in [0.15, 0.2) is 30.7 Å². The van der Waals surface area contributed by atoms with Crippen LogP contribution in [0, 0.1) is 0 Å². The molecule has 0 radical (unpaired) electrons. The Morgan fingerprint density at radius 2 is 2.14 bits per heavy atom. The monoisotopic (exact) mass is 386 g/mol. The number of hydrogen-bond acceptors (Lipinski definition) is 5. The quantitative estimate of drug-likeness (QED) is 0.842. The van der Waals surface area contributed by atoms with E-state index in [1.807, 2.05) is 25.1 Å². The van der Waals surface area contributed by atoms with Gasteiger partial charge < -0.3 is 24.6 Å². The molecule has 0 aliphatic carbocycles. The molecule has 2 atom stereocenters. The Morgan fingerprint density at radius 1 is 1.39 bits per heavy atom. The highest BCUT2D eigenvalue weighted by Crippen LogP contribution is 2.38. The number of ether oxygens (including phenoxy) is 1. The summed E-state index contributed by atoms with van der Waals surface area (Å²) in [4.78, 5) is 30.3. The Hall–Kier alpha value is -2.87. The number of aromatic nitrogens is 2. The molecule has 1 aromatic heterocycles. The molecule has 28 heavy (non-hydrogen) atoms. The molecule has 2 heterocycles. The van der Waals surface area contributed by atoms with Crippen LogP contribution in [0.4, 0.5) is 10.5 Å². The molecule has 1 aliphatic heterocycles. The molecule has 150 valence electrons. The number of imidazole rings is 1. The van der Waals surface area contributed by atoms with Gasteiger partial charge in [-0.3, -0.25) is 4.79 Å². The second-order valence-corrected chi connectivity index (χ2v) is 7.30. The lowest BCUT2D eigenvalue weighted by atomic mass is 9.91. The summed E-state index contributed by atoms with van der Waals surface area (Å²) in [5, 5.41) is 12.2. The standard InChI is InChI=1S/C20H26N4O4/c1-12(2)28-20(27)22-18-7-13(3)24(14(4)26)19-6-5-16(8-17(18)19)23-9-15(10-25)21-11-23/h5-6,8-9,11-13,18,25H,7,10H2,1-4H3,(H,22,27)/t13-,18+/m1/s1. The highest BCUT2D eigenvalue weighted by atomic mass is 16.6. The van der Waals surface area contributed by atoms with Gasteiger partial charge >= 0.3 is 6.09 Å². The summed E-state index contributed by atoms with van der Waals surface area (Å²) in [6.45, 7) is 6.95. The van der Waals surface area contributed by atoms with Crippen molar-refractivity contribution in [3.63, 3.8) is 0 Å². The molecule has 1 aliphatic rings. The fourth-order valence-electron chi connectivity index (χ4n) is 3.61. The molecule has 0 saturated carbocycles. The average Bonchev–Trinajstić information content (AvgIpc) is 3.09. The van der Waals surface area contributed by atoms with Crippen molar-refractivity contribution in [2.45, 2.75) is 58.9 Å². The van der Waals surface area contributed by atoms with Crippen molar-refractivity contribution in [3.8, 4) is 5.69 Å².